The van der Waals surface area contributed by atoms with Gasteiger partial charge in [-0.1, -0.05) is 0 Å². The molecule has 56 valence electrons. The third kappa shape index (κ3) is 1.34. The van der Waals surface area contributed by atoms with E-state index in [0.717, 1.165) is 5.56 Å². The van der Waals surface area contributed by atoms with Crippen LogP contribution in [0.1, 0.15) is 11.7 Å². The van der Waals surface area contributed by atoms with E-state index in [1.165, 1.54) is 0 Å². The second-order valence-corrected chi connectivity index (χ2v) is 2.20. The number of aliphatic hydroxyl groups excluding tert-OH is 1. The second kappa shape index (κ2) is 2.81. The molecule has 10 heavy (non-hydrogen) atoms. The Bertz CT molecular complexity index is 209. The van der Waals surface area contributed by atoms with E-state index < -0.39 is 6.10 Å². The summed E-state index contributed by atoms with van der Waals surface area (Å²) < 4.78 is 1.63. The van der Waals surface area contributed by atoms with Crippen LogP contribution < -0.4 is 5.73 Å². The van der Waals surface area contributed by atoms with Crippen LogP contribution in [0.15, 0.2) is 12.4 Å². The summed E-state index contributed by atoms with van der Waals surface area (Å²) in [6.45, 7) is 0.242. The molecule has 0 unspecified atom stereocenters. The van der Waals surface area contributed by atoms with Crippen molar-refractivity contribution in [2.75, 3.05) is 6.54 Å². The Labute approximate surface area is 59.3 Å². The summed E-state index contributed by atoms with van der Waals surface area (Å²) in [6, 6.07) is 0. The van der Waals surface area contributed by atoms with Crippen molar-refractivity contribution >= 4 is 0 Å². The quantitative estimate of drug-likeness (QED) is 0.578. The molecule has 1 aromatic heterocycles. The zero-order valence-electron chi connectivity index (χ0n) is 5.86. The van der Waals surface area contributed by atoms with Crippen LogP contribution >= 0.6 is 0 Å². The molecule has 0 fully saturated rings. The van der Waals surface area contributed by atoms with Crippen LogP contribution in [0.2, 0.25) is 0 Å². The second-order valence-electron chi connectivity index (χ2n) is 2.20. The molecule has 0 saturated carbocycles. The number of aromatic nitrogens is 2. The van der Waals surface area contributed by atoms with Gasteiger partial charge in [0.1, 0.15) is 0 Å². The maximum absolute atomic E-state index is 9.16. The van der Waals surface area contributed by atoms with Crippen molar-refractivity contribution < 1.29 is 5.11 Å². The van der Waals surface area contributed by atoms with Gasteiger partial charge in [-0.25, -0.2) is 0 Å². The third-order valence-corrected chi connectivity index (χ3v) is 1.33. The standard InChI is InChI=1S/C6H11N3O/c1-9-4-5(3-8-9)6(10)2-7/h3-4,6,10H,2,7H2,1H3/t6-/m0/s1. The molecule has 1 atom stereocenters. The minimum atomic E-state index is -0.575. The minimum Gasteiger partial charge on any atom is -0.387 e. The molecule has 0 aliphatic heterocycles. The third-order valence-electron chi connectivity index (χ3n) is 1.33. The van der Waals surface area contributed by atoms with Gasteiger partial charge in [-0.3, -0.25) is 4.68 Å². The van der Waals surface area contributed by atoms with E-state index in [1.54, 1.807) is 24.1 Å². The molecule has 1 rings (SSSR count). The molecule has 1 heterocycles. The molecule has 1 aromatic rings. The summed E-state index contributed by atoms with van der Waals surface area (Å²) in [7, 11) is 1.80. The average molecular weight is 141 g/mol. The highest BCUT2D eigenvalue weighted by Gasteiger charge is 2.05. The zero-order chi connectivity index (χ0) is 7.56. The van der Waals surface area contributed by atoms with E-state index in [2.05, 4.69) is 5.10 Å². The fourth-order valence-electron chi connectivity index (χ4n) is 0.748. The lowest BCUT2D eigenvalue weighted by molar-refractivity contribution is 0.186. The first-order valence-corrected chi connectivity index (χ1v) is 3.10. The molecule has 0 aliphatic carbocycles. The first-order valence-electron chi connectivity index (χ1n) is 3.10. The Kier molecular flexibility index (Phi) is 2.03. The largest absolute Gasteiger partial charge is 0.387 e. The number of aliphatic hydroxyl groups is 1. The molecule has 0 spiro atoms. The van der Waals surface area contributed by atoms with Crippen molar-refractivity contribution in [3.63, 3.8) is 0 Å². The molecular formula is C6H11N3O. The number of aryl methyl sites for hydroxylation is 1. The van der Waals surface area contributed by atoms with Crippen molar-refractivity contribution in [3.05, 3.63) is 18.0 Å². The van der Waals surface area contributed by atoms with Crippen LogP contribution in [0.3, 0.4) is 0 Å². The van der Waals surface area contributed by atoms with Crippen LogP contribution in [0, 0.1) is 0 Å². The first kappa shape index (κ1) is 7.24. The molecule has 0 aliphatic rings. The molecule has 3 N–H and O–H groups in total. The van der Waals surface area contributed by atoms with Crippen molar-refractivity contribution in [2.24, 2.45) is 12.8 Å². The Morgan fingerprint density at radius 2 is 2.60 bits per heavy atom. The first-order chi connectivity index (χ1) is 4.74. The van der Waals surface area contributed by atoms with Gasteiger partial charge in [0.15, 0.2) is 0 Å². The van der Waals surface area contributed by atoms with Crippen molar-refractivity contribution in [3.8, 4) is 0 Å². The number of hydrogen-bond acceptors (Lipinski definition) is 3. The zero-order valence-corrected chi connectivity index (χ0v) is 5.86. The Morgan fingerprint density at radius 3 is 3.00 bits per heavy atom. The Balaban J connectivity index is 2.74. The van der Waals surface area contributed by atoms with Crippen LogP contribution in [0.5, 0.6) is 0 Å². The summed E-state index contributed by atoms with van der Waals surface area (Å²) in [5, 5.41) is 13.1. The average Bonchev–Trinajstić information content (AvgIpc) is 2.34. The smallest absolute Gasteiger partial charge is 0.0942 e. The van der Waals surface area contributed by atoms with E-state index in [4.69, 9.17) is 10.8 Å². The number of hydrogen-bond donors (Lipinski definition) is 2. The van der Waals surface area contributed by atoms with E-state index in [9.17, 15) is 0 Å². The Morgan fingerprint density at radius 1 is 1.90 bits per heavy atom. The monoisotopic (exact) mass is 141 g/mol. The number of nitrogens with two attached hydrogens (primary N) is 1. The molecule has 4 heteroatoms. The van der Waals surface area contributed by atoms with E-state index in [-0.39, 0.29) is 6.54 Å². The molecule has 0 aromatic carbocycles. The maximum Gasteiger partial charge on any atom is 0.0942 e. The van der Waals surface area contributed by atoms with Crippen LogP contribution in [0.4, 0.5) is 0 Å². The lowest BCUT2D eigenvalue weighted by Gasteiger charge is -2.01. The molecular weight excluding hydrogens is 130 g/mol. The molecule has 0 radical (unpaired) electrons. The van der Waals surface area contributed by atoms with E-state index in [0.29, 0.717) is 0 Å². The van der Waals surface area contributed by atoms with Crippen LogP contribution in [-0.4, -0.2) is 21.4 Å². The van der Waals surface area contributed by atoms with Crippen LogP contribution in [0.25, 0.3) is 0 Å². The predicted molar refractivity (Wildman–Crippen MR) is 37.2 cm³/mol. The predicted octanol–water partition coefficient (Wildman–Crippen LogP) is -0.588. The number of nitrogens with zero attached hydrogens (tertiary/aromatic N) is 2. The molecule has 0 amide bonds. The minimum absolute atomic E-state index is 0.242. The Hall–Kier alpha value is -0.870. The van der Waals surface area contributed by atoms with Crippen molar-refractivity contribution in [1.82, 2.24) is 9.78 Å². The highest BCUT2D eigenvalue weighted by atomic mass is 16.3. The van der Waals surface area contributed by atoms with Gasteiger partial charge in [0, 0.05) is 25.4 Å². The van der Waals surface area contributed by atoms with Gasteiger partial charge in [0.2, 0.25) is 0 Å². The van der Waals surface area contributed by atoms with Crippen molar-refractivity contribution in [2.45, 2.75) is 6.10 Å². The normalized spacial score (nSPS) is 13.5. The lowest BCUT2D eigenvalue weighted by atomic mass is 10.2. The SMILES string of the molecule is Cn1cc([C@@H](O)CN)cn1. The van der Waals surface area contributed by atoms with Gasteiger partial charge >= 0.3 is 0 Å². The maximum atomic E-state index is 9.16. The van der Waals surface area contributed by atoms with Crippen LogP contribution in [-0.2, 0) is 7.05 Å². The molecule has 4 nitrogen and oxygen atoms in total. The summed E-state index contributed by atoms with van der Waals surface area (Å²) >= 11 is 0. The lowest BCUT2D eigenvalue weighted by Crippen LogP contribution is -2.10. The van der Waals surface area contributed by atoms with E-state index in [1.807, 2.05) is 0 Å². The van der Waals surface area contributed by atoms with E-state index >= 15 is 0 Å². The summed E-state index contributed by atoms with van der Waals surface area (Å²) in [6.07, 6.45) is 2.78. The van der Waals surface area contributed by atoms with Gasteiger partial charge in [0.25, 0.3) is 0 Å². The molecule has 0 bridgehead atoms. The highest BCUT2D eigenvalue weighted by molar-refractivity contribution is 5.07. The fraction of sp³-hybridized carbons (Fsp3) is 0.500. The highest BCUT2D eigenvalue weighted by Crippen LogP contribution is 2.07. The van der Waals surface area contributed by atoms with Gasteiger partial charge in [-0.05, 0) is 0 Å². The van der Waals surface area contributed by atoms with Gasteiger partial charge in [-0.2, -0.15) is 5.10 Å². The fourth-order valence-corrected chi connectivity index (χ4v) is 0.748. The van der Waals surface area contributed by atoms with Gasteiger partial charge < -0.3 is 10.8 Å². The topological polar surface area (TPSA) is 64.1 Å². The summed E-state index contributed by atoms with van der Waals surface area (Å²) in [5.41, 5.74) is 5.99. The van der Waals surface area contributed by atoms with Gasteiger partial charge in [0.05, 0.1) is 12.3 Å². The summed E-state index contributed by atoms with van der Waals surface area (Å²) in [5.74, 6) is 0. The van der Waals surface area contributed by atoms with Gasteiger partial charge in [-0.15, -0.1) is 0 Å². The van der Waals surface area contributed by atoms with Crippen molar-refractivity contribution in [1.29, 1.82) is 0 Å². The molecule has 0 saturated heterocycles. The summed E-state index contributed by atoms with van der Waals surface area (Å²) in [4.78, 5) is 0. The number of rotatable bonds is 2.